The molecule has 3 rings (SSSR count). The van der Waals surface area contributed by atoms with E-state index in [-0.39, 0.29) is 18.1 Å². The molecule has 0 aromatic heterocycles. The van der Waals surface area contributed by atoms with Gasteiger partial charge in [-0.3, -0.25) is 4.79 Å². The van der Waals surface area contributed by atoms with Crippen LogP contribution in [0.4, 0.5) is 5.69 Å². The Hall–Kier alpha value is -1.59. The van der Waals surface area contributed by atoms with Gasteiger partial charge in [-0.2, -0.15) is 0 Å². The lowest BCUT2D eigenvalue weighted by atomic mass is 10.1. The van der Waals surface area contributed by atoms with Gasteiger partial charge in [0, 0.05) is 25.8 Å². The van der Waals surface area contributed by atoms with Crippen molar-refractivity contribution in [2.24, 2.45) is 0 Å². The summed E-state index contributed by atoms with van der Waals surface area (Å²) in [6, 6.07) is 5.61. The summed E-state index contributed by atoms with van der Waals surface area (Å²) >= 11 is 0. The van der Waals surface area contributed by atoms with Gasteiger partial charge in [0.15, 0.2) is 0 Å². The summed E-state index contributed by atoms with van der Waals surface area (Å²) in [6.07, 6.45) is 1.76. The van der Waals surface area contributed by atoms with E-state index < -0.39 is 0 Å². The summed E-state index contributed by atoms with van der Waals surface area (Å²) < 4.78 is 10.7. The van der Waals surface area contributed by atoms with E-state index in [0.29, 0.717) is 0 Å². The van der Waals surface area contributed by atoms with Crippen molar-refractivity contribution < 1.29 is 14.3 Å². The molecule has 2 atom stereocenters. The molecule has 1 saturated heterocycles. The minimum atomic E-state index is -0.172. The molecular formula is C14H18N2O3. The van der Waals surface area contributed by atoms with Crippen LogP contribution in [-0.2, 0) is 16.0 Å². The predicted molar refractivity (Wildman–Crippen MR) is 71.5 cm³/mol. The number of hydrogen-bond donors (Lipinski definition) is 2. The van der Waals surface area contributed by atoms with E-state index in [0.717, 1.165) is 43.0 Å². The Kier molecular flexibility index (Phi) is 3.40. The number of hydrogen-bond acceptors (Lipinski definition) is 4. The van der Waals surface area contributed by atoms with Crippen molar-refractivity contribution >= 4 is 11.6 Å². The molecule has 2 N–H and O–H groups in total. The summed E-state index contributed by atoms with van der Waals surface area (Å²) in [7, 11) is 1.67. The van der Waals surface area contributed by atoms with Gasteiger partial charge in [-0.15, -0.1) is 0 Å². The van der Waals surface area contributed by atoms with Gasteiger partial charge in [-0.25, -0.2) is 0 Å². The third-order valence-corrected chi connectivity index (χ3v) is 3.70. The molecule has 5 heteroatoms. The van der Waals surface area contributed by atoms with E-state index in [4.69, 9.17) is 9.47 Å². The van der Waals surface area contributed by atoms with Crippen LogP contribution in [0.1, 0.15) is 12.0 Å². The largest absolute Gasteiger partial charge is 0.493 e. The molecule has 19 heavy (non-hydrogen) atoms. The number of carbonyl (C=O) groups excluding carboxylic acids is 1. The van der Waals surface area contributed by atoms with E-state index in [1.165, 1.54) is 0 Å². The Labute approximate surface area is 112 Å². The van der Waals surface area contributed by atoms with Crippen molar-refractivity contribution in [3.8, 4) is 5.75 Å². The molecular weight excluding hydrogens is 244 g/mol. The first-order valence-electron chi connectivity index (χ1n) is 6.59. The summed E-state index contributed by atoms with van der Waals surface area (Å²) in [4.78, 5) is 12.1. The molecule has 1 fully saturated rings. The Bertz CT molecular complexity index is 490. The fraction of sp³-hybridized carbons (Fsp3) is 0.500. The lowest BCUT2D eigenvalue weighted by Crippen LogP contribution is -2.35. The standard InChI is InChI=1S/C14H18N2O3/c1-18-11-7-12(15-8-11)14(17)16-10-2-3-13-9(6-10)4-5-19-13/h2-3,6,11-12,15H,4-5,7-8H2,1H3,(H,16,17). The van der Waals surface area contributed by atoms with E-state index in [1.807, 2.05) is 18.2 Å². The number of methoxy groups -OCH3 is 1. The van der Waals surface area contributed by atoms with Gasteiger partial charge in [-0.1, -0.05) is 0 Å². The molecule has 0 spiro atoms. The lowest BCUT2D eigenvalue weighted by molar-refractivity contribution is -0.118. The second-order valence-electron chi connectivity index (χ2n) is 4.96. The Balaban J connectivity index is 1.63. The van der Waals surface area contributed by atoms with Crippen LogP contribution in [0.25, 0.3) is 0 Å². The molecule has 2 aliphatic rings. The quantitative estimate of drug-likeness (QED) is 0.851. The maximum Gasteiger partial charge on any atom is 0.241 e. The van der Waals surface area contributed by atoms with Gasteiger partial charge in [0.25, 0.3) is 0 Å². The zero-order chi connectivity index (χ0) is 13.2. The molecule has 0 radical (unpaired) electrons. The topological polar surface area (TPSA) is 59.6 Å². The van der Waals surface area contributed by atoms with Gasteiger partial charge in [-0.05, 0) is 30.2 Å². The SMILES string of the molecule is COC1CNC(C(=O)Nc2ccc3c(c2)CCO3)C1. The van der Waals surface area contributed by atoms with Crippen molar-refractivity contribution in [2.45, 2.75) is 25.0 Å². The first kappa shape index (κ1) is 12.4. The number of rotatable bonds is 3. The number of carbonyl (C=O) groups is 1. The molecule has 1 aromatic rings. The highest BCUT2D eigenvalue weighted by molar-refractivity contribution is 5.95. The zero-order valence-corrected chi connectivity index (χ0v) is 10.9. The maximum atomic E-state index is 12.1. The molecule has 102 valence electrons. The van der Waals surface area contributed by atoms with E-state index in [1.54, 1.807) is 7.11 Å². The van der Waals surface area contributed by atoms with Gasteiger partial charge in [0.2, 0.25) is 5.91 Å². The fourth-order valence-corrected chi connectivity index (χ4v) is 2.58. The Morgan fingerprint density at radius 3 is 3.21 bits per heavy atom. The molecule has 1 aromatic carbocycles. The molecule has 5 nitrogen and oxygen atoms in total. The number of ether oxygens (including phenoxy) is 2. The van der Waals surface area contributed by atoms with Crippen LogP contribution in [0.15, 0.2) is 18.2 Å². The number of fused-ring (bicyclic) bond motifs is 1. The summed E-state index contributed by atoms with van der Waals surface area (Å²) in [6.45, 7) is 1.46. The molecule has 0 saturated carbocycles. The highest BCUT2D eigenvalue weighted by atomic mass is 16.5. The average molecular weight is 262 g/mol. The van der Waals surface area contributed by atoms with Crippen LogP contribution in [-0.4, -0.2) is 38.3 Å². The molecule has 1 amide bonds. The number of anilines is 1. The van der Waals surface area contributed by atoms with Crippen molar-refractivity contribution in [1.29, 1.82) is 0 Å². The third kappa shape index (κ3) is 2.57. The Morgan fingerprint density at radius 1 is 1.53 bits per heavy atom. The lowest BCUT2D eigenvalue weighted by Gasteiger charge is -2.12. The van der Waals surface area contributed by atoms with E-state index >= 15 is 0 Å². The average Bonchev–Trinajstić information content (AvgIpc) is 3.06. The molecule has 2 heterocycles. The van der Waals surface area contributed by atoms with E-state index in [9.17, 15) is 4.79 Å². The van der Waals surface area contributed by atoms with Crippen LogP contribution >= 0.6 is 0 Å². The van der Waals surface area contributed by atoms with E-state index in [2.05, 4.69) is 10.6 Å². The summed E-state index contributed by atoms with van der Waals surface area (Å²) in [5.74, 6) is 0.926. The van der Waals surface area contributed by atoms with Crippen LogP contribution in [0.3, 0.4) is 0 Å². The summed E-state index contributed by atoms with van der Waals surface area (Å²) in [5.41, 5.74) is 1.99. The minimum absolute atomic E-state index is 0.00147. The second-order valence-corrected chi connectivity index (χ2v) is 4.96. The predicted octanol–water partition coefficient (Wildman–Crippen LogP) is 0.937. The highest BCUT2D eigenvalue weighted by Gasteiger charge is 2.29. The van der Waals surface area contributed by atoms with Gasteiger partial charge in [0.05, 0.1) is 18.8 Å². The molecule has 2 aliphatic heterocycles. The van der Waals surface area contributed by atoms with Crippen molar-refractivity contribution in [3.05, 3.63) is 23.8 Å². The van der Waals surface area contributed by atoms with Gasteiger partial charge >= 0.3 is 0 Å². The summed E-state index contributed by atoms with van der Waals surface area (Å²) in [5, 5.41) is 6.11. The first-order chi connectivity index (χ1) is 9.26. The fourth-order valence-electron chi connectivity index (χ4n) is 2.58. The normalized spacial score (nSPS) is 24.9. The zero-order valence-electron chi connectivity index (χ0n) is 10.9. The second kappa shape index (κ2) is 5.19. The number of amides is 1. The minimum Gasteiger partial charge on any atom is -0.493 e. The van der Waals surface area contributed by atoms with Crippen molar-refractivity contribution in [3.63, 3.8) is 0 Å². The van der Waals surface area contributed by atoms with Crippen molar-refractivity contribution in [1.82, 2.24) is 5.32 Å². The smallest absolute Gasteiger partial charge is 0.241 e. The van der Waals surface area contributed by atoms with Crippen LogP contribution < -0.4 is 15.4 Å². The van der Waals surface area contributed by atoms with Crippen LogP contribution in [0, 0.1) is 0 Å². The van der Waals surface area contributed by atoms with Gasteiger partial charge in [0.1, 0.15) is 5.75 Å². The van der Waals surface area contributed by atoms with Crippen molar-refractivity contribution in [2.75, 3.05) is 25.6 Å². The number of benzene rings is 1. The maximum absolute atomic E-state index is 12.1. The third-order valence-electron chi connectivity index (χ3n) is 3.70. The number of nitrogens with one attached hydrogen (secondary N) is 2. The molecule has 2 unspecified atom stereocenters. The first-order valence-corrected chi connectivity index (χ1v) is 6.59. The van der Waals surface area contributed by atoms with Gasteiger partial charge < -0.3 is 20.1 Å². The van der Waals surface area contributed by atoms with Crippen LogP contribution in [0.2, 0.25) is 0 Å². The molecule has 0 aliphatic carbocycles. The Morgan fingerprint density at radius 2 is 2.42 bits per heavy atom. The monoisotopic (exact) mass is 262 g/mol. The van der Waals surface area contributed by atoms with Crippen LogP contribution in [0.5, 0.6) is 5.75 Å². The molecule has 0 bridgehead atoms. The highest BCUT2D eigenvalue weighted by Crippen LogP contribution is 2.28.